The number of benzene rings is 3. The van der Waals surface area contributed by atoms with Gasteiger partial charge >= 0.3 is 11.9 Å². The molecule has 21 nitrogen and oxygen atoms in total. The van der Waals surface area contributed by atoms with E-state index in [4.69, 9.17) is 28.4 Å². The third kappa shape index (κ3) is 19.9. The minimum atomic E-state index is -1.50. The van der Waals surface area contributed by atoms with Crippen LogP contribution in [0.5, 0.6) is 17.2 Å². The first-order chi connectivity index (χ1) is 39.7. The van der Waals surface area contributed by atoms with Crippen LogP contribution < -0.4 is 24.8 Å². The molecule has 2 aliphatic rings. The number of nitrogens with zero attached hydrogens (tertiary/aromatic N) is 4. The number of carbonyl (C=O) groups excluding carboxylic acids is 9. The zero-order valence-corrected chi connectivity index (χ0v) is 50.9. The summed E-state index contributed by atoms with van der Waals surface area (Å²) in [5, 5.41) is 5.68. The number of amides is 6. The Kier molecular flexibility index (Phi) is 24.9. The monoisotopic (exact) mass is 1170 g/mol. The second kappa shape index (κ2) is 31.2. The van der Waals surface area contributed by atoms with E-state index in [1.165, 1.54) is 62.9 Å². The van der Waals surface area contributed by atoms with Crippen LogP contribution in [-0.2, 0) is 70.2 Å². The van der Waals surface area contributed by atoms with Crippen LogP contribution in [0, 0.1) is 11.3 Å². The van der Waals surface area contributed by atoms with Crippen molar-refractivity contribution in [2.24, 2.45) is 11.3 Å². The lowest BCUT2D eigenvalue weighted by Crippen LogP contribution is -2.59. The average Bonchev–Trinajstić information content (AvgIpc) is 3.57. The fourth-order valence-electron chi connectivity index (χ4n) is 9.58. The number of nitrogens with one attached hydrogen (secondary N) is 2. The second-order valence-corrected chi connectivity index (χ2v) is 23.4. The Bertz CT molecular complexity index is 2810. The number of ether oxygens (including phenoxy) is 6. The summed E-state index contributed by atoms with van der Waals surface area (Å²) in [6, 6.07) is 16.5. The maximum absolute atomic E-state index is 14.6. The number of rotatable bonds is 11. The van der Waals surface area contributed by atoms with Gasteiger partial charge in [-0.15, -0.1) is 0 Å². The number of likely N-dealkylation sites (N-methyl/N-ethyl adjacent to an activating group) is 3. The van der Waals surface area contributed by atoms with Crippen molar-refractivity contribution >= 4 is 53.2 Å². The summed E-state index contributed by atoms with van der Waals surface area (Å²) in [6.07, 6.45) is 4.12. The molecule has 0 aromatic heterocycles. The standard InChI is InChI=1S/C63H86N6O15/c1-41(2)33-46-59(76)68(10)49(38-83-62(3,4)5)57(74)65-47(34-42-21-14-13-15-22-42)58(75)66(8)31-18-17-26-55(72)82-40-63(6,7)56(73)60(77)69-32-19-16-25-48(69)61(78)84-50(29-27-43-28-30-51(79-11)52(35-43)80-12)44-23-20-24-45(36-44)81-39-54(71)67(9)37-53(70)64-46/h13-15,17,20-24,26,28,30,35-36,41,46-50H,16,18-19,25,27,29,31-34,37-40H2,1-12H3,(H,64,70)(H,65,74)/t46-,47+,48+,49+,50-/m1/s1. The highest BCUT2D eigenvalue weighted by molar-refractivity contribution is 6.38. The van der Waals surface area contributed by atoms with Crippen LogP contribution >= 0.6 is 0 Å². The molecule has 21 heteroatoms. The Morgan fingerprint density at radius 3 is 2.15 bits per heavy atom. The fraction of sp³-hybridized carbons (Fsp3) is 0.540. The molecular weight excluding hydrogens is 1080 g/mol. The molecule has 2 aliphatic heterocycles. The van der Waals surface area contributed by atoms with E-state index in [9.17, 15) is 43.2 Å². The van der Waals surface area contributed by atoms with Gasteiger partial charge in [0.25, 0.3) is 11.8 Å². The molecule has 0 aliphatic carbocycles. The smallest absolute Gasteiger partial charge is 0.330 e. The Hall–Kier alpha value is -7.81. The first-order valence-corrected chi connectivity index (χ1v) is 28.6. The van der Waals surface area contributed by atoms with Crippen molar-refractivity contribution in [3.05, 3.63) is 102 Å². The third-order valence-corrected chi connectivity index (χ3v) is 14.5. The molecule has 2 N–H and O–H groups in total. The summed E-state index contributed by atoms with van der Waals surface area (Å²) in [4.78, 5) is 132. The van der Waals surface area contributed by atoms with Crippen LogP contribution in [0.4, 0.5) is 0 Å². The van der Waals surface area contributed by atoms with Crippen LogP contribution in [0.2, 0.25) is 0 Å². The number of hydrogen-bond donors (Lipinski definition) is 2. The van der Waals surface area contributed by atoms with E-state index in [1.807, 2.05) is 44.2 Å². The minimum absolute atomic E-state index is 0.0841. The van der Waals surface area contributed by atoms with Crippen LogP contribution in [0.25, 0.3) is 0 Å². The van der Waals surface area contributed by atoms with Crippen molar-refractivity contribution in [3.8, 4) is 17.2 Å². The van der Waals surface area contributed by atoms with E-state index in [2.05, 4.69) is 10.6 Å². The maximum Gasteiger partial charge on any atom is 0.330 e. The van der Waals surface area contributed by atoms with Crippen LogP contribution in [-0.4, -0.2) is 177 Å². The highest BCUT2D eigenvalue weighted by Crippen LogP contribution is 2.33. The van der Waals surface area contributed by atoms with Crippen LogP contribution in [0.15, 0.2) is 84.9 Å². The van der Waals surface area contributed by atoms with E-state index in [0.29, 0.717) is 36.3 Å². The van der Waals surface area contributed by atoms with E-state index in [0.717, 1.165) is 22.1 Å². The maximum atomic E-state index is 14.6. The van der Waals surface area contributed by atoms with E-state index < -0.39 is 114 Å². The molecule has 1 fully saturated rings. The summed E-state index contributed by atoms with van der Waals surface area (Å²) in [7, 11) is 7.45. The summed E-state index contributed by atoms with van der Waals surface area (Å²) in [6.45, 7) is 10.6. The van der Waals surface area contributed by atoms with Crippen molar-refractivity contribution in [1.82, 2.24) is 30.2 Å². The predicted octanol–water partition coefficient (Wildman–Crippen LogP) is 5.60. The van der Waals surface area contributed by atoms with E-state index in [-0.39, 0.29) is 63.5 Å². The van der Waals surface area contributed by atoms with Crippen LogP contribution in [0.3, 0.4) is 0 Å². The SMILES string of the molecule is COc1ccc(CC[C@H]2OC(=O)[C@@H]3CCCCN3C(=O)C(=O)C(C)(C)COC(=O)C=CCCN(C)C(=O)[C@H](Cc3ccccc3)NC(=O)[C@H](COC(C)(C)C)N(C)C(=O)[C@@H](CC(C)C)NC(=O)CN(C)C(=O)COc3cccc2c3)cc1OC. The van der Waals surface area contributed by atoms with Crippen molar-refractivity contribution in [2.45, 2.75) is 136 Å². The van der Waals surface area contributed by atoms with Gasteiger partial charge in [0.1, 0.15) is 42.6 Å². The second-order valence-electron chi connectivity index (χ2n) is 23.4. The summed E-state index contributed by atoms with van der Waals surface area (Å²) < 4.78 is 34.9. The number of esters is 2. The Balaban J connectivity index is 1.48. The molecule has 458 valence electrons. The van der Waals surface area contributed by atoms with Gasteiger partial charge in [0.15, 0.2) is 18.1 Å². The summed E-state index contributed by atoms with van der Waals surface area (Å²) in [5.41, 5.74) is -0.174. The number of ketones is 1. The molecule has 3 aromatic carbocycles. The highest BCUT2D eigenvalue weighted by atomic mass is 16.5. The molecule has 5 rings (SSSR count). The van der Waals surface area contributed by atoms with Crippen molar-refractivity contribution in [2.75, 3.05) is 74.8 Å². The van der Waals surface area contributed by atoms with E-state index in [1.54, 1.807) is 70.3 Å². The fourth-order valence-corrected chi connectivity index (χ4v) is 9.58. The first kappa shape index (κ1) is 67.0. The molecule has 1 saturated heterocycles. The highest BCUT2D eigenvalue weighted by Gasteiger charge is 2.43. The molecule has 0 spiro atoms. The van der Waals surface area contributed by atoms with Gasteiger partial charge in [-0.25, -0.2) is 9.59 Å². The normalized spacial score (nSPS) is 22.1. The van der Waals surface area contributed by atoms with Crippen molar-refractivity contribution in [3.63, 3.8) is 0 Å². The quantitative estimate of drug-likeness (QED) is 0.175. The molecule has 2 heterocycles. The van der Waals surface area contributed by atoms with Crippen molar-refractivity contribution in [1.29, 1.82) is 0 Å². The molecule has 2 bridgehead atoms. The predicted molar refractivity (Wildman–Crippen MR) is 312 cm³/mol. The largest absolute Gasteiger partial charge is 0.493 e. The first-order valence-electron chi connectivity index (χ1n) is 28.6. The molecule has 0 saturated carbocycles. The summed E-state index contributed by atoms with van der Waals surface area (Å²) >= 11 is 0. The van der Waals surface area contributed by atoms with Gasteiger partial charge in [0.05, 0.1) is 38.4 Å². The van der Waals surface area contributed by atoms with Gasteiger partial charge in [0, 0.05) is 46.7 Å². The lowest BCUT2D eigenvalue weighted by molar-refractivity contribution is -0.165. The number of carbonyl (C=O) groups is 9. The molecule has 84 heavy (non-hydrogen) atoms. The Morgan fingerprint density at radius 2 is 1.48 bits per heavy atom. The number of fused-ring (bicyclic) bond motifs is 3. The molecular formula is C63H86N6O15. The zero-order chi connectivity index (χ0) is 61.9. The minimum Gasteiger partial charge on any atom is -0.493 e. The van der Waals surface area contributed by atoms with Gasteiger partial charge in [-0.05, 0) is 126 Å². The number of piperidine rings is 1. The Morgan fingerprint density at radius 1 is 0.762 bits per heavy atom. The Labute approximate surface area is 494 Å². The van der Waals surface area contributed by atoms with Crippen molar-refractivity contribution < 1.29 is 71.6 Å². The van der Waals surface area contributed by atoms with Gasteiger partial charge in [0.2, 0.25) is 29.4 Å². The lowest BCUT2D eigenvalue weighted by Gasteiger charge is -2.36. The van der Waals surface area contributed by atoms with Gasteiger partial charge in [-0.1, -0.05) is 68.5 Å². The average molecular weight is 1170 g/mol. The molecule has 3 aromatic rings. The van der Waals surface area contributed by atoms with Gasteiger partial charge in [-0.3, -0.25) is 33.6 Å². The number of hydrogen-bond acceptors (Lipinski definition) is 15. The van der Waals surface area contributed by atoms with Crippen LogP contribution in [0.1, 0.15) is 110 Å². The van der Waals surface area contributed by atoms with Gasteiger partial charge < -0.3 is 58.7 Å². The molecule has 5 atom stereocenters. The summed E-state index contributed by atoms with van der Waals surface area (Å²) in [5.74, 6) is -5.16. The third-order valence-electron chi connectivity index (χ3n) is 14.5. The zero-order valence-electron chi connectivity index (χ0n) is 50.9. The molecule has 0 radical (unpaired) electrons. The molecule has 0 unspecified atom stereocenters. The topological polar surface area (TPSA) is 246 Å². The number of aryl methyl sites for hydroxylation is 1. The van der Waals surface area contributed by atoms with Gasteiger partial charge in [-0.2, -0.15) is 0 Å². The number of Topliss-reactive ketones (excluding diaryl/α,β-unsaturated/α-hetero) is 1. The van der Waals surface area contributed by atoms with E-state index >= 15 is 0 Å². The number of methoxy groups -OCH3 is 2. The lowest BCUT2D eigenvalue weighted by atomic mass is 9.87. The molecule has 6 amide bonds. The number of cyclic esters (lactones) is 2.